The molecule has 1 atom stereocenters. The number of hydrogen-bond donors (Lipinski definition) is 1. The van der Waals surface area contributed by atoms with Crippen LogP contribution in [0.1, 0.15) is 18.9 Å². The molecule has 1 unspecified atom stereocenters. The van der Waals surface area contributed by atoms with Crippen LogP contribution in [0.4, 0.5) is 0 Å². The molecule has 0 spiro atoms. The predicted molar refractivity (Wildman–Crippen MR) is 62.6 cm³/mol. The molecule has 0 saturated carbocycles. The minimum absolute atomic E-state index is 0.0493. The van der Waals surface area contributed by atoms with Gasteiger partial charge in [0, 0.05) is 12.5 Å². The van der Waals surface area contributed by atoms with Crippen molar-refractivity contribution < 1.29 is 4.79 Å². The third kappa shape index (κ3) is 4.45. The average molecular weight is 203 g/mol. The summed E-state index contributed by atoms with van der Waals surface area (Å²) in [5.41, 5.74) is 1.19. The fourth-order valence-corrected chi connectivity index (χ4v) is 1.29. The van der Waals surface area contributed by atoms with E-state index in [2.05, 4.69) is 11.9 Å². The highest BCUT2D eigenvalue weighted by Crippen LogP contribution is 2.02. The van der Waals surface area contributed by atoms with E-state index >= 15 is 0 Å². The van der Waals surface area contributed by atoms with Crippen molar-refractivity contribution in [3.8, 4) is 0 Å². The number of benzene rings is 1. The van der Waals surface area contributed by atoms with Gasteiger partial charge in [-0.2, -0.15) is 0 Å². The molecule has 15 heavy (non-hydrogen) atoms. The lowest BCUT2D eigenvalue weighted by Gasteiger charge is -2.08. The zero-order chi connectivity index (χ0) is 11.1. The smallest absolute Gasteiger partial charge is 0.220 e. The monoisotopic (exact) mass is 203 g/mol. The van der Waals surface area contributed by atoms with Crippen LogP contribution in [0.25, 0.3) is 0 Å². The maximum atomic E-state index is 11.4. The van der Waals surface area contributed by atoms with Crippen molar-refractivity contribution in [1.82, 2.24) is 5.32 Å². The molecule has 0 saturated heterocycles. The molecule has 2 nitrogen and oxygen atoms in total. The molecule has 0 aliphatic heterocycles. The first-order valence-electron chi connectivity index (χ1n) is 5.18. The summed E-state index contributed by atoms with van der Waals surface area (Å²) in [7, 11) is 0. The molecule has 0 aromatic heterocycles. The van der Waals surface area contributed by atoms with Crippen LogP contribution >= 0.6 is 0 Å². The lowest BCUT2D eigenvalue weighted by molar-refractivity contribution is -0.121. The number of carbonyl (C=O) groups excluding carboxylic acids is 1. The van der Waals surface area contributed by atoms with Crippen molar-refractivity contribution in [2.75, 3.05) is 0 Å². The summed E-state index contributed by atoms with van der Waals surface area (Å²) in [6.45, 7) is 5.53. The second-order valence-corrected chi connectivity index (χ2v) is 3.58. The first-order valence-corrected chi connectivity index (χ1v) is 5.18. The van der Waals surface area contributed by atoms with Gasteiger partial charge in [-0.15, -0.1) is 6.58 Å². The highest BCUT2D eigenvalue weighted by molar-refractivity contribution is 5.76. The van der Waals surface area contributed by atoms with E-state index in [0.29, 0.717) is 6.42 Å². The molecule has 0 fully saturated rings. The molecule has 0 aliphatic rings. The lowest BCUT2D eigenvalue weighted by Crippen LogP contribution is -2.30. The van der Waals surface area contributed by atoms with Crippen molar-refractivity contribution in [1.29, 1.82) is 0 Å². The Hall–Kier alpha value is -1.57. The number of amides is 1. The van der Waals surface area contributed by atoms with E-state index in [1.165, 1.54) is 5.56 Å². The molecule has 0 bridgehead atoms. The average Bonchev–Trinajstić information content (AvgIpc) is 2.27. The van der Waals surface area contributed by atoms with Gasteiger partial charge >= 0.3 is 0 Å². The fraction of sp³-hybridized carbons (Fsp3) is 0.308. The molecule has 0 heterocycles. The van der Waals surface area contributed by atoms with E-state index in [-0.39, 0.29) is 11.9 Å². The van der Waals surface area contributed by atoms with Gasteiger partial charge in [-0.05, 0) is 18.9 Å². The van der Waals surface area contributed by atoms with Crippen molar-refractivity contribution in [2.45, 2.75) is 25.8 Å². The number of hydrogen-bond acceptors (Lipinski definition) is 1. The molecule has 2 heteroatoms. The van der Waals surface area contributed by atoms with Crippen LogP contribution in [0.5, 0.6) is 0 Å². The van der Waals surface area contributed by atoms with Crippen molar-refractivity contribution in [3.05, 3.63) is 48.6 Å². The lowest BCUT2D eigenvalue weighted by atomic mass is 10.1. The Morgan fingerprint density at radius 1 is 1.47 bits per heavy atom. The highest BCUT2D eigenvalue weighted by Gasteiger charge is 2.03. The first-order chi connectivity index (χ1) is 7.22. The largest absolute Gasteiger partial charge is 0.350 e. The standard InChI is InChI=1S/C13H17NO/c1-3-11(2)14-13(15)10-9-12-7-5-4-6-8-12/h3-8,11H,1,9-10H2,2H3,(H,14,15). The van der Waals surface area contributed by atoms with E-state index in [1.54, 1.807) is 6.08 Å². The molecule has 80 valence electrons. The van der Waals surface area contributed by atoms with Gasteiger partial charge in [-0.3, -0.25) is 4.79 Å². The van der Waals surface area contributed by atoms with Gasteiger partial charge in [0.2, 0.25) is 5.91 Å². The van der Waals surface area contributed by atoms with Gasteiger partial charge in [-0.1, -0.05) is 36.4 Å². The van der Waals surface area contributed by atoms with Crippen LogP contribution < -0.4 is 5.32 Å². The Morgan fingerprint density at radius 3 is 2.73 bits per heavy atom. The fourth-order valence-electron chi connectivity index (χ4n) is 1.29. The zero-order valence-electron chi connectivity index (χ0n) is 9.07. The summed E-state index contributed by atoms with van der Waals surface area (Å²) in [5.74, 6) is 0.0752. The van der Waals surface area contributed by atoms with Crippen LogP contribution in [0.2, 0.25) is 0 Å². The topological polar surface area (TPSA) is 29.1 Å². The highest BCUT2D eigenvalue weighted by atomic mass is 16.1. The van der Waals surface area contributed by atoms with E-state index in [9.17, 15) is 4.79 Å². The number of carbonyl (C=O) groups is 1. The molecule has 1 rings (SSSR count). The van der Waals surface area contributed by atoms with Gasteiger partial charge < -0.3 is 5.32 Å². The van der Waals surface area contributed by atoms with Crippen molar-refractivity contribution in [2.24, 2.45) is 0 Å². The first kappa shape index (κ1) is 11.5. The van der Waals surface area contributed by atoms with Crippen molar-refractivity contribution >= 4 is 5.91 Å². The summed E-state index contributed by atoms with van der Waals surface area (Å²) >= 11 is 0. The summed E-state index contributed by atoms with van der Waals surface area (Å²) in [5, 5.41) is 2.84. The molecular weight excluding hydrogens is 186 g/mol. The van der Waals surface area contributed by atoms with Gasteiger partial charge in [0.1, 0.15) is 0 Å². The van der Waals surface area contributed by atoms with Crippen molar-refractivity contribution in [3.63, 3.8) is 0 Å². The normalized spacial score (nSPS) is 11.8. The third-order valence-corrected chi connectivity index (χ3v) is 2.23. The van der Waals surface area contributed by atoms with Crippen LogP contribution in [0, 0.1) is 0 Å². The molecule has 0 aliphatic carbocycles. The Bertz CT molecular complexity index is 319. The zero-order valence-corrected chi connectivity index (χ0v) is 9.07. The van der Waals surface area contributed by atoms with Gasteiger partial charge in [0.05, 0.1) is 0 Å². The summed E-state index contributed by atoms with van der Waals surface area (Å²) in [4.78, 5) is 11.4. The van der Waals surface area contributed by atoms with Gasteiger partial charge in [0.25, 0.3) is 0 Å². The maximum absolute atomic E-state index is 11.4. The van der Waals surface area contributed by atoms with Crippen LogP contribution in [-0.4, -0.2) is 11.9 Å². The minimum atomic E-state index is 0.0493. The van der Waals surface area contributed by atoms with E-state index in [1.807, 2.05) is 37.3 Å². The summed E-state index contributed by atoms with van der Waals surface area (Å²) in [6, 6.07) is 10.1. The quantitative estimate of drug-likeness (QED) is 0.731. The van der Waals surface area contributed by atoms with E-state index in [4.69, 9.17) is 0 Å². The summed E-state index contributed by atoms with van der Waals surface area (Å²) in [6.07, 6.45) is 3.04. The Morgan fingerprint density at radius 2 is 2.13 bits per heavy atom. The summed E-state index contributed by atoms with van der Waals surface area (Å²) < 4.78 is 0. The molecule has 1 aromatic carbocycles. The van der Waals surface area contributed by atoms with Gasteiger partial charge in [0.15, 0.2) is 0 Å². The molecule has 1 N–H and O–H groups in total. The Labute approximate surface area is 91.0 Å². The Kier molecular flexibility index (Phi) is 4.61. The third-order valence-electron chi connectivity index (χ3n) is 2.23. The number of nitrogens with one attached hydrogen (secondary N) is 1. The Balaban J connectivity index is 2.31. The van der Waals surface area contributed by atoms with E-state index in [0.717, 1.165) is 6.42 Å². The van der Waals surface area contributed by atoms with Gasteiger partial charge in [-0.25, -0.2) is 0 Å². The number of aryl methyl sites for hydroxylation is 1. The van der Waals surface area contributed by atoms with Crippen LogP contribution in [0.15, 0.2) is 43.0 Å². The maximum Gasteiger partial charge on any atom is 0.220 e. The second kappa shape index (κ2) is 6.02. The number of rotatable bonds is 5. The van der Waals surface area contributed by atoms with E-state index < -0.39 is 0 Å². The minimum Gasteiger partial charge on any atom is -0.350 e. The van der Waals surface area contributed by atoms with Crippen LogP contribution in [0.3, 0.4) is 0 Å². The SMILES string of the molecule is C=CC(C)NC(=O)CCc1ccccc1. The molecule has 1 aromatic rings. The molecule has 0 radical (unpaired) electrons. The molecule has 1 amide bonds. The molecular formula is C13H17NO. The van der Waals surface area contributed by atoms with Crippen LogP contribution in [-0.2, 0) is 11.2 Å². The second-order valence-electron chi connectivity index (χ2n) is 3.58. The predicted octanol–water partition coefficient (Wildman–Crippen LogP) is 2.31.